The Bertz CT molecular complexity index is 1510. The van der Waals surface area contributed by atoms with Crippen LogP contribution in [0.1, 0.15) is 26.3 Å². The summed E-state index contributed by atoms with van der Waals surface area (Å²) < 4.78 is 15.9. The maximum absolute atomic E-state index is 13.0. The van der Waals surface area contributed by atoms with E-state index in [1.54, 1.807) is 24.3 Å². The van der Waals surface area contributed by atoms with E-state index in [-0.39, 0.29) is 16.6 Å². The second-order valence-corrected chi connectivity index (χ2v) is 9.16. The van der Waals surface area contributed by atoms with E-state index in [2.05, 4.69) is 16.0 Å². The van der Waals surface area contributed by atoms with Crippen LogP contribution in [0.25, 0.3) is 11.1 Å². The first-order valence-electron chi connectivity index (χ1n) is 12.3. The Morgan fingerprint density at radius 3 is 1.90 bits per heavy atom. The van der Waals surface area contributed by atoms with Crippen LogP contribution in [0.4, 0.5) is 11.4 Å². The maximum Gasteiger partial charge on any atom is 0.257 e. The van der Waals surface area contributed by atoms with Gasteiger partial charge < -0.3 is 24.8 Å². The third-order valence-corrected chi connectivity index (χ3v) is 6.36. The van der Waals surface area contributed by atoms with Gasteiger partial charge in [-0.15, -0.1) is 0 Å². The molecule has 3 N–H and O–H groups in total. The molecule has 4 rings (SSSR count). The van der Waals surface area contributed by atoms with Crippen molar-refractivity contribution in [3.05, 3.63) is 102 Å². The Kier molecular flexibility index (Phi) is 8.98. The number of anilines is 2. The SMILES string of the molecule is COc1cc(C(=O)NC(=S)Nc2ccc(C)c(NC(=O)c3ccc(-c4ccccc4)cc3)c2)cc(OC)c1OC. The van der Waals surface area contributed by atoms with Gasteiger partial charge in [-0.05, 0) is 72.2 Å². The first-order chi connectivity index (χ1) is 19.3. The minimum Gasteiger partial charge on any atom is -0.493 e. The van der Waals surface area contributed by atoms with E-state index >= 15 is 0 Å². The summed E-state index contributed by atoms with van der Waals surface area (Å²) in [5.74, 6) is 0.372. The minimum absolute atomic E-state index is 0.0800. The van der Waals surface area contributed by atoms with Crippen LogP contribution in [-0.2, 0) is 0 Å². The number of carbonyl (C=O) groups excluding carboxylic acids is 2. The number of hydrogen-bond acceptors (Lipinski definition) is 6. The molecule has 0 aliphatic heterocycles. The molecule has 2 amide bonds. The molecule has 0 saturated carbocycles. The normalized spacial score (nSPS) is 10.3. The highest BCUT2D eigenvalue weighted by molar-refractivity contribution is 7.80. The quantitative estimate of drug-likeness (QED) is 0.227. The number of thiocarbonyl (C=S) groups is 1. The Morgan fingerprint density at radius 1 is 0.675 bits per heavy atom. The van der Waals surface area contributed by atoms with E-state index in [0.29, 0.717) is 34.2 Å². The molecular weight excluding hydrogens is 526 g/mol. The first kappa shape index (κ1) is 28.1. The van der Waals surface area contributed by atoms with Crippen LogP contribution in [-0.4, -0.2) is 38.3 Å². The maximum atomic E-state index is 13.0. The van der Waals surface area contributed by atoms with Crippen LogP contribution in [0.5, 0.6) is 17.2 Å². The number of hydrogen-bond donors (Lipinski definition) is 3. The molecule has 0 saturated heterocycles. The van der Waals surface area contributed by atoms with Crippen molar-refractivity contribution in [1.82, 2.24) is 5.32 Å². The third kappa shape index (κ3) is 6.57. The molecule has 9 heteroatoms. The monoisotopic (exact) mass is 555 g/mol. The lowest BCUT2D eigenvalue weighted by atomic mass is 10.0. The van der Waals surface area contributed by atoms with Gasteiger partial charge in [0.2, 0.25) is 5.75 Å². The molecule has 0 spiro atoms. The molecule has 0 radical (unpaired) electrons. The molecule has 204 valence electrons. The third-order valence-electron chi connectivity index (χ3n) is 6.15. The lowest BCUT2D eigenvalue weighted by molar-refractivity contribution is 0.0975. The summed E-state index contributed by atoms with van der Waals surface area (Å²) in [5.41, 5.74) is 4.99. The molecule has 0 aliphatic carbocycles. The van der Waals surface area contributed by atoms with Gasteiger partial charge in [0.15, 0.2) is 16.6 Å². The van der Waals surface area contributed by atoms with Crippen LogP contribution >= 0.6 is 12.2 Å². The summed E-state index contributed by atoms with van der Waals surface area (Å²) in [7, 11) is 4.43. The van der Waals surface area contributed by atoms with Crippen molar-refractivity contribution in [2.75, 3.05) is 32.0 Å². The Labute approximate surface area is 238 Å². The highest BCUT2D eigenvalue weighted by Crippen LogP contribution is 2.38. The number of benzene rings is 4. The van der Waals surface area contributed by atoms with Crippen molar-refractivity contribution >= 4 is 40.5 Å². The van der Waals surface area contributed by atoms with Gasteiger partial charge >= 0.3 is 0 Å². The average Bonchev–Trinajstić information content (AvgIpc) is 2.98. The second kappa shape index (κ2) is 12.8. The topological polar surface area (TPSA) is 97.9 Å². The van der Waals surface area contributed by atoms with Crippen LogP contribution < -0.4 is 30.2 Å². The van der Waals surface area contributed by atoms with Crippen molar-refractivity contribution in [3.8, 4) is 28.4 Å². The molecule has 0 bridgehead atoms. The first-order valence-corrected chi connectivity index (χ1v) is 12.7. The molecule has 8 nitrogen and oxygen atoms in total. The molecule has 0 aromatic heterocycles. The summed E-state index contributed by atoms with van der Waals surface area (Å²) in [4.78, 5) is 25.8. The van der Waals surface area contributed by atoms with Crippen LogP contribution in [0.3, 0.4) is 0 Å². The Morgan fingerprint density at radius 2 is 1.30 bits per heavy atom. The predicted octanol–water partition coefficient (Wildman–Crippen LogP) is 6.07. The molecule has 0 fully saturated rings. The zero-order chi connectivity index (χ0) is 28.6. The van der Waals surface area contributed by atoms with E-state index in [9.17, 15) is 9.59 Å². The fraction of sp³-hybridized carbons (Fsp3) is 0.129. The van der Waals surface area contributed by atoms with E-state index in [1.165, 1.54) is 33.5 Å². The van der Waals surface area contributed by atoms with Gasteiger partial charge in [-0.1, -0.05) is 48.5 Å². The summed E-state index contributed by atoms with van der Waals surface area (Å²) in [6, 6.07) is 25.9. The molecule has 0 heterocycles. The van der Waals surface area contributed by atoms with E-state index in [0.717, 1.165) is 16.7 Å². The number of rotatable bonds is 8. The number of methoxy groups -OCH3 is 3. The van der Waals surface area contributed by atoms with Crippen molar-refractivity contribution in [2.24, 2.45) is 0 Å². The summed E-state index contributed by atoms with van der Waals surface area (Å²) in [5, 5.41) is 8.67. The highest BCUT2D eigenvalue weighted by atomic mass is 32.1. The van der Waals surface area contributed by atoms with Crippen LogP contribution in [0.15, 0.2) is 84.9 Å². The standard InChI is InChI=1S/C31H29N3O5S/c1-19-10-15-24(32-31(40)34-30(36)23-16-26(37-2)28(39-4)27(17-23)38-3)18-25(19)33-29(35)22-13-11-21(12-14-22)20-8-6-5-7-9-20/h5-18H,1-4H3,(H,33,35)(H2,32,34,36,40). The fourth-order valence-corrected chi connectivity index (χ4v) is 4.23. The molecule has 0 aliphatic rings. The summed E-state index contributed by atoms with van der Waals surface area (Å²) in [6.07, 6.45) is 0. The molecule has 0 unspecified atom stereocenters. The highest BCUT2D eigenvalue weighted by Gasteiger charge is 2.18. The van der Waals surface area contributed by atoms with Gasteiger partial charge in [-0.2, -0.15) is 0 Å². The van der Waals surface area contributed by atoms with E-state index in [4.69, 9.17) is 26.4 Å². The van der Waals surface area contributed by atoms with Gasteiger partial charge in [0.25, 0.3) is 11.8 Å². The zero-order valence-electron chi connectivity index (χ0n) is 22.5. The van der Waals surface area contributed by atoms with Crippen molar-refractivity contribution in [2.45, 2.75) is 6.92 Å². The number of aryl methyl sites for hydroxylation is 1. The Balaban J connectivity index is 1.42. The Hall–Kier alpha value is -4.89. The predicted molar refractivity (Wildman–Crippen MR) is 161 cm³/mol. The average molecular weight is 556 g/mol. The largest absolute Gasteiger partial charge is 0.493 e. The van der Waals surface area contributed by atoms with Gasteiger partial charge in [0, 0.05) is 22.5 Å². The summed E-state index contributed by atoms with van der Waals surface area (Å²) in [6.45, 7) is 1.89. The van der Waals surface area contributed by atoms with Crippen molar-refractivity contribution in [3.63, 3.8) is 0 Å². The smallest absolute Gasteiger partial charge is 0.257 e. The number of nitrogens with one attached hydrogen (secondary N) is 3. The van der Waals surface area contributed by atoms with Gasteiger partial charge in [0.05, 0.1) is 21.3 Å². The second-order valence-electron chi connectivity index (χ2n) is 8.75. The molecule has 4 aromatic carbocycles. The lowest BCUT2D eigenvalue weighted by Gasteiger charge is -2.15. The number of carbonyl (C=O) groups is 2. The van der Waals surface area contributed by atoms with Crippen LogP contribution in [0.2, 0.25) is 0 Å². The summed E-state index contributed by atoms with van der Waals surface area (Å²) >= 11 is 5.36. The number of amides is 2. The van der Waals surface area contributed by atoms with E-state index < -0.39 is 5.91 Å². The van der Waals surface area contributed by atoms with Gasteiger partial charge in [-0.3, -0.25) is 14.9 Å². The molecular formula is C31H29N3O5S. The van der Waals surface area contributed by atoms with Crippen molar-refractivity contribution in [1.29, 1.82) is 0 Å². The van der Waals surface area contributed by atoms with Crippen molar-refractivity contribution < 1.29 is 23.8 Å². The zero-order valence-corrected chi connectivity index (χ0v) is 23.3. The minimum atomic E-state index is -0.462. The lowest BCUT2D eigenvalue weighted by Crippen LogP contribution is -2.34. The molecule has 4 aromatic rings. The van der Waals surface area contributed by atoms with Gasteiger partial charge in [-0.25, -0.2) is 0 Å². The molecule has 40 heavy (non-hydrogen) atoms. The van der Waals surface area contributed by atoms with Gasteiger partial charge in [0.1, 0.15) is 0 Å². The number of ether oxygens (including phenoxy) is 3. The molecule has 0 atom stereocenters. The van der Waals surface area contributed by atoms with E-state index in [1.807, 2.05) is 55.5 Å². The van der Waals surface area contributed by atoms with Crippen LogP contribution in [0, 0.1) is 6.92 Å². The fourth-order valence-electron chi connectivity index (χ4n) is 4.02.